The summed E-state index contributed by atoms with van der Waals surface area (Å²) in [7, 11) is -2.58. The van der Waals surface area contributed by atoms with Gasteiger partial charge in [0.2, 0.25) is 11.8 Å². The number of likely N-dealkylation sites (N-methyl/N-ethyl adjacent to an activating group) is 1. The van der Waals surface area contributed by atoms with Crippen molar-refractivity contribution in [3.05, 3.63) is 94.0 Å². The van der Waals surface area contributed by atoms with Crippen LogP contribution in [-0.4, -0.2) is 44.8 Å². The van der Waals surface area contributed by atoms with Crippen LogP contribution in [0.4, 0.5) is 5.69 Å². The first-order valence-electron chi connectivity index (χ1n) is 12.4. The molecule has 3 rings (SSSR count). The number of sulfonamides is 1. The molecule has 1 unspecified atom stereocenters. The summed E-state index contributed by atoms with van der Waals surface area (Å²) in [5.41, 5.74) is 3.16. The van der Waals surface area contributed by atoms with E-state index in [0.717, 1.165) is 25.5 Å². The minimum Gasteiger partial charge on any atom is -0.357 e. The van der Waals surface area contributed by atoms with Gasteiger partial charge in [0.25, 0.3) is 10.0 Å². The second-order valence-electron chi connectivity index (χ2n) is 9.51. The minimum absolute atomic E-state index is 0.0858. The second kappa shape index (κ2) is 12.6. The Labute approximate surface area is 234 Å². The molecule has 2 amide bonds. The molecule has 0 saturated carbocycles. The Bertz CT molecular complexity index is 1360. The number of nitrogens with one attached hydrogen (secondary N) is 1. The van der Waals surface area contributed by atoms with Crippen molar-refractivity contribution < 1.29 is 18.0 Å². The van der Waals surface area contributed by atoms with Crippen molar-refractivity contribution in [2.24, 2.45) is 0 Å². The van der Waals surface area contributed by atoms with Gasteiger partial charge in [0.15, 0.2) is 0 Å². The molecule has 202 valence electrons. The molecule has 0 saturated heterocycles. The van der Waals surface area contributed by atoms with Crippen LogP contribution in [0.15, 0.2) is 82.2 Å². The zero-order valence-electron chi connectivity index (χ0n) is 22.3. The number of amides is 2. The van der Waals surface area contributed by atoms with E-state index < -0.39 is 28.5 Å². The van der Waals surface area contributed by atoms with Gasteiger partial charge in [-0.1, -0.05) is 71.7 Å². The number of aryl methyl sites for hydroxylation is 1. The number of hydrogen-bond acceptors (Lipinski definition) is 4. The van der Waals surface area contributed by atoms with E-state index in [4.69, 9.17) is 0 Å². The highest BCUT2D eigenvalue weighted by Crippen LogP contribution is 2.27. The lowest BCUT2D eigenvalue weighted by Gasteiger charge is -2.32. The van der Waals surface area contributed by atoms with Crippen LogP contribution in [0.1, 0.15) is 43.4 Å². The van der Waals surface area contributed by atoms with E-state index in [1.54, 1.807) is 31.2 Å². The molecule has 0 aliphatic heterocycles. The van der Waals surface area contributed by atoms with E-state index >= 15 is 0 Å². The summed E-state index contributed by atoms with van der Waals surface area (Å²) in [4.78, 5) is 27.9. The molecule has 0 bridgehead atoms. The van der Waals surface area contributed by atoms with Crippen LogP contribution in [0.2, 0.25) is 0 Å². The summed E-state index contributed by atoms with van der Waals surface area (Å²) < 4.78 is 29.7. The lowest BCUT2D eigenvalue weighted by atomic mass is 10.0. The number of anilines is 1. The van der Waals surface area contributed by atoms with Gasteiger partial charge >= 0.3 is 0 Å². The summed E-state index contributed by atoms with van der Waals surface area (Å²) in [5.74, 6) is -0.569. The number of carbonyl (C=O) groups is 2. The lowest BCUT2D eigenvalue weighted by Crippen LogP contribution is -2.50. The summed E-state index contributed by atoms with van der Waals surface area (Å²) in [6.45, 7) is 7.30. The summed E-state index contributed by atoms with van der Waals surface area (Å²) in [6, 6.07) is 20.3. The Morgan fingerprint density at radius 1 is 0.895 bits per heavy atom. The highest BCUT2D eigenvalue weighted by Gasteiger charge is 2.32. The third-order valence-electron chi connectivity index (χ3n) is 6.42. The average molecular weight is 601 g/mol. The van der Waals surface area contributed by atoms with Crippen molar-refractivity contribution in [3.63, 3.8) is 0 Å². The van der Waals surface area contributed by atoms with E-state index in [2.05, 4.69) is 35.1 Å². The number of nitrogens with zero attached hydrogens (tertiary/aromatic N) is 2. The lowest BCUT2D eigenvalue weighted by molar-refractivity contribution is -0.139. The summed E-state index contributed by atoms with van der Waals surface area (Å²) in [6.07, 6.45) is 0. The van der Waals surface area contributed by atoms with Gasteiger partial charge in [-0.3, -0.25) is 13.9 Å². The van der Waals surface area contributed by atoms with E-state index in [1.165, 1.54) is 24.1 Å². The van der Waals surface area contributed by atoms with Gasteiger partial charge in [-0.15, -0.1) is 0 Å². The first kappa shape index (κ1) is 29.4. The largest absolute Gasteiger partial charge is 0.357 e. The van der Waals surface area contributed by atoms with Crippen molar-refractivity contribution in [2.75, 3.05) is 17.9 Å². The Hall–Kier alpha value is -3.17. The van der Waals surface area contributed by atoms with Gasteiger partial charge in [-0.25, -0.2) is 8.42 Å². The van der Waals surface area contributed by atoms with Crippen LogP contribution >= 0.6 is 15.9 Å². The van der Waals surface area contributed by atoms with E-state index in [9.17, 15) is 18.0 Å². The molecule has 1 N–H and O–H groups in total. The van der Waals surface area contributed by atoms with E-state index in [1.807, 2.05) is 43.3 Å². The molecule has 0 spiro atoms. The monoisotopic (exact) mass is 599 g/mol. The van der Waals surface area contributed by atoms with Crippen molar-refractivity contribution >= 4 is 43.5 Å². The Kier molecular flexibility index (Phi) is 9.73. The fraction of sp³-hybridized carbons (Fsp3) is 0.310. The van der Waals surface area contributed by atoms with E-state index in [0.29, 0.717) is 5.69 Å². The molecule has 7 nitrogen and oxygen atoms in total. The molecular weight excluding hydrogens is 566 g/mol. The topological polar surface area (TPSA) is 86.8 Å². The molecule has 1 atom stereocenters. The molecule has 0 aliphatic rings. The maximum atomic E-state index is 13.8. The van der Waals surface area contributed by atoms with Crippen LogP contribution in [0.25, 0.3) is 0 Å². The molecule has 9 heteroatoms. The quantitative estimate of drug-likeness (QED) is 0.345. The Morgan fingerprint density at radius 3 is 2.00 bits per heavy atom. The van der Waals surface area contributed by atoms with Crippen molar-refractivity contribution in [1.29, 1.82) is 0 Å². The maximum absolute atomic E-state index is 13.8. The molecule has 3 aromatic carbocycles. The summed E-state index contributed by atoms with van der Waals surface area (Å²) >= 11 is 3.41. The van der Waals surface area contributed by atoms with Crippen molar-refractivity contribution in [2.45, 2.75) is 51.1 Å². The highest BCUT2D eigenvalue weighted by atomic mass is 79.9. The van der Waals surface area contributed by atoms with Crippen LogP contribution in [0, 0.1) is 6.92 Å². The average Bonchev–Trinajstić information content (AvgIpc) is 2.90. The van der Waals surface area contributed by atoms with Crippen molar-refractivity contribution in [3.8, 4) is 0 Å². The molecule has 3 aromatic rings. The SMILES string of the molecule is CNC(=O)C(C)N(Cc1ccc(Br)cc1)C(=O)CN(c1ccc(C(C)C)cc1)S(=O)(=O)c1ccc(C)cc1. The zero-order valence-corrected chi connectivity index (χ0v) is 24.7. The first-order valence-corrected chi connectivity index (χ1v) is 14.6. The summed E-state index contributed by atoms with van der Waals surface area (Å²) in [5, 5.41) is 2.59. The molecule has 38 heavy (non-hydrogen) atoms. The van der Waals surface area contributed by atoms with Gasteiger partial charge < -0.3 is 10.2 Å². The van der Waals surface area contributed by atoms with Gasteiger partial charge in [0.05, 0.1) is 10.6 Å². The van der Waals surface area contributed by atoms with Crippen LogP contribution in [0.5, 0.6) is 0 Å². The maximum Gasteiger partial charge on any atom is 0.264 e. The van der Waals surface area contributed by atoms with E-state index in [-0.39, 0.29) is 23.3 Å². The smallest absolute Gasteiger partial charge is 0.264 e. The van der Waals surface area contributed by atoms with Gasteiger partial charge in [0.1, 0.15) is 12.6 Å². The standard InChI is InChI=1S/C29H34BrN3O4S/c1-20(2)24-10-14-26(15-11-24)33(38(36,37)27-16-6-21(3)7-17-27)19-28(34)32(22(4)29(35)31-5)18-23-8-12-25(30)13-9-23/h6-17,20,22H,18-19H2,1-5H3,(H,31,35). The normalized spacial score (nSPS) is 12.2. The number of hydrogen-bond donors (Lipinski definition) is 1. The highest BCUT2D eigenvalue weighted by molar-refractivity contribution is 9.10. The number of halogens is 1. The predicted molar refractivity (Wildman–Crippen MR) is 154 cm³/mol. The van der Waals surface area contributed by atoms with Crippen LogP contribution in [0.3, 0.4) is 0 Å². The third kappa shape index (κ3) is 7.02. The Balaban J connectivity index is 2.03. The predicted octanol–water partition coefficient (Wildman–Crippen LogP) is 5.24. The molecule has 0 radical (unpaired) electrons. The third-order valence-corrected chi connectivity index (χ3v) is 8.73. The number of carbonyl (C=O) groups excluding carboxylic acids is 2. The second-order valence-corrected chi connectivity index (χ2v) is 12.3. The molecule has 0 aromatic heterocycles. The van der Waals surface area contributed by atoms with Gasteiger partial charge in [-0.05, 0) is 67.3 Å². The Morgan fingerprint density at radius 2 is 1.47 bits per heavy atom. The number of benzene rings is 3. The fourth-order valence-corrected chi connectivity index (χ4v) is 5.65. The molecule has 0 heterocycles. The van der Waals surface area contributed by atoms with Crippen molar-refractivity contribution in [1.82, 2.24) is 10.2 Å². The fourth-order valence-electron chi connectivity index (χ4n) is 3.97. The van der Waals surface area contributed by atoms with Crippen LogP contribution in [-0.2, 0) is 26.2 Å². The molecular formula is C29H34BrN3O4S. The molecule has 0 aliphatic carbocycles. The molecule has 0 fully saturated rings. The van der Waals surface area contributed by atoms with Gasteiger partial charge in [-0.2, -0.15) is 0 Å². The van der Waals surface area contributed by atoms with Crippen LogP contribution < -0.4 is 9.62 Å². The minimum atomic E-state index is -4.08. The van der Waals surface area contributed by atoms with Gasteiger partial charge in [0, 0.05) is 18.1 Å². The zero-order chi connectivity index (χ0) is 28.0. The number of rotatable bonds is 10. The first-order chi connectivity index (χ1) is 17.9.